The number of halogens is 2. The van der Waals surface area contributed by atoms with E-state index in [-0.39, 0.29) is 23.2 Å². The van der Waals surface area contributed by atoms with Gasteiger partial charge in [-0.25, -0.2) is 4.39 Å². The van der Waals surface area contributed by atoms with Gasteiger partial charge in [0.15, 0.2) is 0 Å². The molecule has 0 aliphatic carbocycles. The van der Waals surface area contributed by atoms with Crippen molar-refractivity contribution in [1.29, 1.82) is 0 Å². The normalized spacial score (nSPS) is 16.2. The van der Waals surface area contributed by atoms with E-state index in [1.807, 2.05) is 23.1 Å². The molecule has 4 rings (SSSR count). The molecule has 2 aromatic carbocycles. The quantitative estimate of drug-likeness (QED) is 0.658. The van der Waals surface area contributed by atoms with E-state index in [0.29, 0.717) is 29.6 Å². The minimum atomic E-state index is -0.379. The van der Waals surface area contributed by atoms with Crippen LogP contribution >= 0.6 is 11.6 Å². The van der Waals surface area contributed by atoms with Gasteiger partial charge in [0.1, 0.15) is 11.6 Å². The molecular formula is C23H22ClFN4O2. The largest absolute Gasteiger partial charge is 0.354 e. The van der Waals surface area contributed by atoms with Crippen LogP contribution in [0.1, 0.15) is 18.4 Å². The minimum Gasteiger partial charge on any atom is -0.354 e. The van der Waals surface area contributed by atoms with E-state index >= 15 is 0 Å². The van der Waals surface area contributed by atoms with Crippen molar-refractivity contribution in [2.45, 2.75) is 19.4 Å². The molecule has 31 heavy (non-hydrogen) atoms. The van der Waals surface area contributed by atoms with E-state index in [2.05, 4.69) is 10.4 Å². The smallest absolute Gasteiger partial charge is 0.271 e. The maximum absolute atomic E-state index is 13.2. The first-order valence-corrected chi connectivity index (χ1v) is 10.5. The molecule has 1 aliphatic rings. The number of aromatic nitrogens is 2. The Balaban J connectivity index is 1.45. The molecule has 1 fully saturated rings. The molecule has 1 aliphatic heterocycles. The van der Waals surface area contributed by atoms with E-state index < -0.39 is 0 Å². The molecule has 0 radical (unpaired) electrons. The van der Waals surface area contributed by atoms with Crippen LogP contribution in [0.25, 0.3) is 5.69 Å². The van der Waals surface area contributed by atoms with Crippen LogP contribution in [0, 0.1) is 11.7 Å². The van der Waals surface area contributed by atoms with Gasteiger partial charge in [-0.3, -0.25) is 9.59 Å². The molecule has 0 saturated carbocycles. The van der Waals surface area contributed by atoms with Gasteiger partial charge in [0.2, 0.25) is 5.91 Å². The van der Waals surface area contributed by atoms with Crippen LogP contribution in [0.15, 0.2) is 65.5 Å². The Labute approximate surface area is 184 Å². The highest BCUT2D eigenvalue weighted by atomic mass is 35.5. The third-order valence-electron chi connectivity index (χ3n) is 5.33. The molecule has 1 atom stereocenters. The molecule has 1 amide bonds. The summed E-state index contributed by atoms with van der Waals surface area (Å²) in [5.41, 5.74) is 1.13. The van der Waals surface area contributed by atoms with E-state index in [1.54, 1.807) is 12.1 Å². The van der Waals surface area contributed by atoms with Gasteiger partial charge < -0.3 is 10.2 Å². The van der Waals surface area contributed by atoms with E-state index in [0.717, 1.165) is 24.9 Å². The number of hydrogen-bond acceptors (Lipinski definition) is 4. The van der Waals surface area contributed by atoms with Gasteiger partial charge in [-0.1, -0.05) is 23.7 Å². The van der Waals surface area contributed by atoms with Crippen LogP contribution in [0.2, 0.25) is 5.02 Å². The number of amides is 1. The first-order valence-electron chi connectivity index (χ1n) is 10.1. The van der Waals surface area contributed by atoms with Crippen LogP contribution in [0.5, 0.6) is 0 Å². The van der Waals surface area contributed by atoms with Crippen LogP contribution in [-0.2, 0) is 11.3 Å². The lowest BCUT2D eigenvalue weighted by molar-refractivity contribution is -0.125. The number of nitrogens with zero attached hydrogens (tertiary/aromatic N) is 3. The second-order valence-corrected chi connectivity index (χ2v) is 7.99. The Kier molecular flexibility index (Phi) is 6.32. The SMILES string of the molecule is O=C(NCc1cccc(Cl)c1)[C@@H]1CCCN(c2ccc(=O)n(-c3ccc(F)cc3)n2)C1. The summed E-state index contributed by atoms with van der Waals surface area (Å²) in [5, 5.41) is 8.08. The summed E-state index contributed by atoms with van der Waals surface area (Å²) >= 11 is 6.00. The van der Waals surface area contributed by atoms with Gasteiger partial charge in [-0.05, 0) is 60.9 Å². The summed E-state index contributed by atoms with van der Waals surface area (Å²) in [4.78, 5) is 27.0. The Morgan fingerprint density at radius 1 is 1.16 bits per heavy atom. The molecule has 160 valence electrons. The highest BCUT2D eigenvalue weighted by Gasteiger charge is 2.26. The van der Waals surface area contributed by atoms with Gasteiger partial charge in [0.05, 0.1) is 11.6 Å². The van der Waals surface area contributed by atoms with Gasteiger partial charge >= 0.3 is 0 Å². The topological polar surface area (TPSA) is 67.2 Å². The number of anilines is 1. The summed E-state index contributed by atoms with van der Waals surface area (Å²) in [6.07, 6.45) is 1.63. The zero-order chi connectivity index (χ0) is 21.8. The Morgan fingerprint density at radius 2 is 1.97 bits per heavy atom. The second-order valence-electron chi connectivity index (χ2n) is 7.55. The van der Waals surface area contributed by atoms with Gasteiger partial charge in [-0.15, -0.1) is 5.10 Å². The highest BCUT2D eigenvalue weighted by Crippen LogP contribution is 2.22. The number of benzene rings is 2. The fraction of sp³-hybridized carbons (Fsp3) is 0.261. The third-order valence-corrected chi connectivity index (χ3v) is 5.56. The lowest BCUT2D eigenvalue weighted by atomic mass is 9.97. The lowest BCUT2D eigenvalue weighted by Crippen LogP contribution is -2.43. The standard InChI is InChI=1S/C23H22ClFN4O2/c24-18-5-1-3-16(13-18)14-26-23(31)17-4-2-12-28(15-17)21-10-11-22(30)29(27-21)20-8-6-19(25)7-9-20/h1,3,5-11,13,17H,2,4,12,14-15H2,(H,26,31)/t17-/m1/s1. The number of hydrogen-bond donors (Lipinski definition) is 1. The monoisotopic (exact) mass is 440 g/mol. The van der Waals surface area contributed by atoms with Crippen molar-refractivity contribution < 1.29 is 9.18 Å². The zero-order valence-corrected chi connectivity index (χ0v) is 17.6. The molecular weight excluding hydrogens is 419 g/mol. The van der Waals surface area contributed by atoms with Crippen LogP contribution < -0.4 is 15.8 Å². The maximum Gasteiger partial charge on any atom is 0.271 e. The van der Waals surface area contributed by atoms with Gasteiger partial charge in [0, 0.05) is 30.7 Å². The van der Waals surface area contributed by atoms with Crippen molar-refractivity contribution >= 4 is 23.3 Å². The van der Waals surface area contributed by atoms with Crippen LogP contribution in [-0.4, -0.2) is 28.8 Å². The molecule has 0 spiro atoms. The molecule has 6 nitrogen and oxygen atoms in total. The number of piperidine rings is 1. The predicted octanol–water partition coefficient (Wildman–Crippen LogP) is 3.56. The van der Waals surface area contributed by atoms with Crippen molar-refractivity contribution in [3.05, 3.63) is 87.4 Å². The highest BCUT2D eigenvalue weighted by molar-refractivity contribution is 6.30. The number of rotatable bonds is 5. The third kappa shape index (κ3) is 5.11. The van der Waals surface area contributed by atoms with Gasteiger partial charge in [-0.2, -0.15) is 4.68 Å². The predicted molar refractivity (Wildman–Crippen MR) is 118 cm³/mol. The first-order chi connectivity index (χ1) is 15.0. The zero-order valence-electron chi connectivity index (χ0n) is 16.8. The fourth-order valence-corrected chi connectivity index (χ4v) is 3.93. The van der Waals surface area contributed by atoms with Crippen molar-refractivity contribution in [3.63, 3.8) is 0 Å². The maximum atomic E-state index is 13.2. The first kappa shape index (κ1) is 21.1. The number of carbonyl (C=O) groups is 1. The molecule has 1 N–H and O–H groups in total. The lowest BCUT2D eigenvalue weighted by Gasteiger charge is -2.33. The molecule has 2 heterocycles. The summed E-state index contributed by atoms with van der Waals surface area (Å²) in [5.74, 6) is 0.0318. The van der Waals surface area contributed by atoms with Crippen LogP contribution in [0.3, 0.4) is 0 Å². The van der Waals surface area contributed by atoms with E-state index in [4.69, 9.17) is 11.6 Å². The second kappa shape index (κ2) is 9.31. The molecule has 3 aromatic rings. The van der Waals surface area contributed by atoms with E-state index in [9.17, 15) is 14.0 Å². The molecule has 0 bridgehead atoms. The van der Waals surface area contributed by atoms with Crippen molar-refractivity contribution in [3.8, 4) is 5.69 Å². The molecule has 1 saturated heterocycles. The summed E-state index contributed by atoms with van der Waals surface area (Å²) < 4.78 is 14.5. The summed E-state index contributed by atoms with van der Waals surface area (Å²) in [7, 11) is 0. The van der Waals surface area contributed by atoms with E-state index in [1.165, 1.54) is 35.0 Å². The van der Waals surface area contributed by atoms with Gasteiger partial charge in [0.25, 0.3) is 5.56 Å². The summed E-state index contributed by atoms with van der Waals surface area (Å²) in [6.45, 7) is 1.67. The molecule has 1 aromatic heterocycles. The van der Waals surface area contributed by atoms with Crippen molar-refractivity contribution in [1.82, 2.24) is 15.1 Å². The Bertz CT molecular complexity index is 1130. The minimum absolute atomic E-state index is 0.0171. The number of carbonyl (C=O) groups excluding carboxylic acids is 1. The average Bonchev–Trinajstić information content (AvgIpc) is 2.79. The van der Waals surface area contributed by atoms with Crippen molar-refractivity contribution in [2.24, 2.45) is 5.92 Å². The number of nitrogens with one attached hydrogen (secondary N) is 1. The molecule has 8 heteroatoms. The Hall–Kier alpha value is -3.19. The fourth-order valence-electron chi connectivity index (χ4n) is 3.72. The molecule has 0 unspecified atom stereocenters. The summed E-state index contributed by atoms with van der Waals surface area (Å²) in [6, 6.07) is 16.1. The Morgan fingerprint density at radius 3 is 2.74 bits per heavy atom. The van der Waals surface area contributed by atoms with Crippen LogP contribution in [0.4, 0.5) is 10.2 Å². The van der Waals surface area contributed by atoms with Crippen molar-refractivity contribution in [2.75, 3.05) is 18.0 Å². The average molecular weight is 441 g/mol.